The molecular formula is C16H20N2O2. The van der Waals surface area contributed by atoms with Gasteiger partial charge in [0, 0.05) is 18.2 Å². The third-order valence-electron chi connectivity index (χ3n) is 4.61. The van der Waals surface area contributed by atoms with Crippen molar-refractivity contribution in [2.45, 2.75) is 37.6 Å². The van der Waals surface area contributed by atoms with E-state index in [4.69, 9.17) is 0 Å². The molecule has 0 bridgehead atoms. The summed E-state index contributed by atoms with van der Waals surface area (Å²) in [7, 11) is 0. The predicted molar refractivity (Wildman–Crippen MR) is 77.9 cm³/mol. The van der Waals surface area contributed by atoms with E-state index in [1.54, 1.807) is 0 Å². The second-order valence-electron chi connectivity index (χ2n) is 5.88. The number of aldehydes is 1. The van der Waals surface area contributed by atoms with E-state index in [1.807, 2.05) is 36.1 Å². The molecule has 1 saturated heterocycles. The molecule has 1 amide bonds. The Hall–Kier alpha value is -1.68. The number of nitrogens with one attached hydrogen (secondary N) is 1. The standard InChI is InChI=1S/C16H20N2O2/c1-16(8-11-19)13-4-2-3-5-14(13)18(15(16)20)12-6-9-17-10-7-12/h2-5,11-12,17H,6-10H2,1H3. The lowest BCUT2D eigenvalue weighted by atomic mass is 9.81. The SMILES string of the molecule is CC1(CC=O)C(=O)N(C2CCNCC2)c2ccccc21. The van der Waals surface area contributed by atoms with Gasteiger partial charge < -0.3 is 15.0 Å². The van der Waals surface area contributed by atoms with Crippen molar-refractivity contribution in [2.24, 2.45) is 0 Å². The average Bonchev–Trinajstić information content (AvgIpc) is 2.70. The quantitative estimate of drug-likeness (QED) is 0.851. The molecule has 2 aliphatic heterocycles. The maximum absolute atomic E-state index is 12.9. The van der Waals surface area contributed by atoms with Crippen LogP contribution in [0, 0.1) is 0 Å². The van der Waals surface area contributed by atoms with Crippen LogP contribution in [0.3, 0.4) is 0 Å². The predicted octanol–water partition coefficient (Wildman–Crippen LogP) is 1.63. The Morgan fingerprint density at radius 1 is 1.35 bits per heavy atom. The van der Waals surface area contributed by atoms with E-state index >= 15 is 0 Å². The van der Waals surface area contributed by atoms with Gasteiger partial charge in [0.15, 0.2) is 0 Å². The first-order chi connectivity index (χ1) is 9.68. The molecule has 2 aliphatic rings. The summed E-state index contributed by atoms with van der Waals surface area (Å²) < 4.78 is 0. The van der Waals surface area contributed by atoms with E-state index in [2.05, 4.69) is 5.32 Å². The summed E-state index contributed by atoms with van der Waals surface area (Å²) in [5.74, 6) is 0.0812. The van der Waals surface area contributed by atoms with E-state index < -0.39 is 5.41 Å². The van der Waals surface area contributed by atoms with Crippen molar-refractivity contribution in [3.05, 3.63) is 29.8 Å². The van der Waals surface area contributed by atoms with Crippen molar-refractivity contribution < 1.29 is 9.59 Å². The van der Waals surface area contributed by atoms with Crippen molar-refractivity contribution >= 4 is 17.9 Å². The van der Waals surface area contributed by atoms with E-state index in [0.717, 1.165) is 43.5 Å². The van der Waals surface area contributed by atoms with Gasteiger partial charge in [-0.1, -0.05) is 18.2 Å². The molecule has 1 unspecified atom stereocenters. The molecule has 1 fully saturated rings. The molecule has 106 valence electrons. The van der Waals surface area contributed by atoms with Gasteiger partial charge in [-0.05, 0) is 44.5 Å². The number of fused-ring (bicyclic) bond motifs is 1. The first-order valence-corrected chi connectivity index (χ1v) is 7.26. The van der Waals surface area contributed by atoms with Crippen molar-refractivity contribution in [3.63, 3.8) is 0 Å². The highest BCUT2D eigenvalue weighted by atomic mass is 16.2. The highest BCUT2D eigenvalue weighted by molar-refractivity contribution is 6.09. The number of hydrogen-bond donors (Lipinski definition) is 1. The lowest BCUT2D eigenvalue weighted by Gasteiger charge is -2.33. The monoisotopic (exact) mass is 272 g/mol. The van der Waals surface area contributed by atoms with Crippen LogP contribution in [-0.2, 0) is 15.0 Å². The Morgan fingerprint density at radius 2 is 2.05 bits per heavy atom. The van der Waals surface area contributed by atoms with Gasteiger partial charge in [-0.15, -0.1) is 0 Å². The summed E-state index contributed by atoms with van der Waals surface area (Å²) in [5.41, 5.74) is 1.30. The Labute approximate surface area is 119 Å². The maximum atomic E-state index is 12.9. The van der Waals surface area contributed by atoms with Crippen LogP contribution >= 0.6 is 0 Å². The molecule has 1 aromatic carbocycles. The van der Waals surface area contributed by atoms with Gasteiger partial charge in [0.2, 0.25) is 5.91 Å². The molecule has 3 rings (SSSR count). The first kappa shape index (κ1) is 13.3. The molecule has 0 aromatic heterocycles. The summed E-state index contributed by atoms with van der Waals surface area (Å²) in [6.45, 7) is 3.78. The van der Waals surface area contributed by atoms with Gasteiger partial charge in [-0.25, -0.2) is 0 Å². The fourth-order valence-electron chi connectivity index (χ4n) is 3.43. The minimum absolute atomic E-state index is 0.0812. The lowest BCUT2D eigenvalue weighted by Crippen LogP contribution is -2.48. The number of hydrogen-bond acceptors (Lipinski definition) is 3. The number of benzene rings is 1. The average molecular weight is 272 g/mol. The van der Waals surface area contributed by atoms with E-state index in [9.17, 15) is 9.59 Å². The second-order valence-corrected chi connectivity index (χ2v) is 5.88. The van der Waals surface area contributed by atoms with Gasteiger partial charge in [0.1, 0.15) is 6.29 Å². The summed E-state index contributed by atoms with van der Waals surface area (Å²) in [6, 6.07) is 8.15. The first-order valence-electron chi connectivity index (χ1n) is 7.26. The van der Waals surface area contributed by atoms with Crippen LogP contribution in [0.15, 0.2) is 24.3 Å². The van der Waals surface area contributed by atoms with Crippen molar-refractivity contribution in [2.75, 3.05) is 18.0 Å². The fraction of sp³-hybridized carbons (Fsp3) is 0.500. The summed E-state index contributed by atoms with van der Waals surface area (Å²) in [6.07, 6.45) is 3.05. The third-order valence-corrected chi connectivity index (χ3v) is 4.61. The topological polar surface area (TPSA) is 49.4 Å². The van der Waals surface area contributed by atoms with Crippen molar-refractivity contribution in [1.29, 1.82) is 0 Å². The normalized spacial score (nSPS) is 26.6. The van der Waals surface area contributed by atoms with E-state index in [0.29, 0.717) is 0 Å². The van der Waals surface area contributed by atoms with Crippen LogP contribution < -0.4 is 10.2 Å². The molecule has 4 nitrogen and oxygen atoms in total. The number of carbonyl (C=O) groups excluding carboxylic acids is 2. The van der Waals surface area contributed by atoms with Crippen LogP contribution in [0.2, 0.25) is 0 Å². The second kappa shape index (κ2) is 5.02. The summed E-state index contributed by atoms with van der Waals surface area (Å²) >= 11 is 0. The Balaban J connectivity index is 2.04. The maximum Gasteiger partial charge on any atom is 0.238 e. The summed E-state index contributed by atoms with van der Waals surface area (Å²) in [5, 5.41) is 3.33. The molecule has 2 heterocycles. The minimum atomic E-state index is -0.691. The number of anilines is 1. The van der Waals surface area contributed by atoms with E-state index in [1.165, 1.54) is 0 Å². The lowest BCUT2D eigenvalue weighted by molar-refractivity contribution is -0.125. The highest BCUT2D eigenvalue weighted by Crippen LogP contribution is 2.45. The molecule has 1 atom stereocenters. The number of para-hydroxylation sites is 1. The molecule has 4 heteroatoms. The summed E-state index contributed by atoms with van der Waals surface area (Å²) in [4.78, 5) is 25.9. The van der Waals surface area contributed by atoms with Crippen LogP contribution in [0.1, 0.15) is 31.7 Å². The fourth-order valence-corrected chi connectivity index (χ4v) is 3.43. The zero-order chi connectivity index (χ0) is 14.2. The number of piperidine rings is 1. The number of amides is 1. The van der Waals surface area contributed by atoms with Crippen LogP contribution in [0.4, 0.5) is 5.69 Å². The van der Waals surface area contributed by atoms with Crippen molar-refractivity contribution in [1.82, 2.24) is 5.32 Å². The molecule has 0 aliphatic carbocycles. The minimum Gasteiger partial charge on any atom is -0.317 e. The third kappa shape index (κ3) is 1.86. The van der Waals surface area contributed by atoms with Crippen molar-refractivity contribution in [3.8, 4) is 0 Å². The van der Waals surface area contributed by atoms with Gasteiger partial charge in [0.05, 0.1) is 5.41 Å². The van der Waals surface area contributed by atoms with Gasteiger partial charge in [0.25, 0.3) is 0 Å². The van der Waals surface area contributed by atoms with Crippen LogP contribution in [-0.4, -0.2) is 31.3 Å². The molecular weight excluding hydrogens is 252 g/mol. The molecule has 0 radical (unpaired) electrons. The number of carbonyl (C=O) groups is 2. The Kier molecular flexibility index (Phi) is 3.34. The number of nitrogens with zero attached hydrogens (tertiary/aromatic N) is 1. The number of rotatable bonds is 3. The van der Waals surface area contributed by atoms with E-state index in [-0.39, 0.29) is 18.4 Å². The van der Waals surface area contributed by atoms with Crippen LogP contribution in [0.25, 0.3) is 0 Å². The largest absolute Gasteiger partial charge is 0.317 e. The smallest absolute Gasteiger partial charge is 0.238 e. The molecule has 1 N–H and O–H groups in total. The molecule has 0 spiro atoms. The molecule has 20 heavy (non-hydrogen) atoms. The van der Waals surface area contributed by atoms with Gasteiger partial charge in [-0.3, -0.25) is 4.79 Å². The zero-order valence-corrected chi connectivity index (χ0v) is 11.8. The molecule has 1 aromatic rings. The van der Waals surface area contributed by atoms with Gasteiger partial charge in [-0.2, -0.15) is 0 Å². The van der Waals surface area contributed by atoms with Gasteiger partial charge >= 0.3 is 0 Å². The Morgan fingerprint density at radius 3 is 2.75 bits per heavy atom. The highest BCUT2D eigenvalue weighted by Gasteiger charge is 2.48. The Bertz CT molecular complexity index is 537. The van der Waals surface area contributed by atoms with Crippen LogP contribution in [0.5, 0.6) is 0 Å². The molecule has 0 saturated carbocycles. The zero-order valence-electron chi connectivity index (χ0n) is 11.8.